The van der Waals surface area contributed by atoms with Gasteiger partial charge in [-0.3, -0.25) is 9.69 Å². The van der Waals surface area contributed by atoms with Crippen LogP contribution in [0.25, 0.3) is 10.9 Å². The lowest BCUT2D eigenvalue weighted by atomic mass is 9.91. The van der Waals surface area contributed by atoms with Crippen LogP contribution in [0.15, 0.2) is 29.1 Å². The molecule has 1 aliphatic rings. The molecule has 0 amide bonds. The van der Waals surface area contributed by atoms with Gasteiger partial charge in [0.1, 0.15) is 22.6 Å². The zero-order valence-electron chi connectivity index (χ0n) is 23.9. The van der Waals surface area contributed by atoms with Crippen molar-refractivity contribution in [1.29, 1.82) is 0 Å². The van der Waals surface area contributed by atoms with E-state index in [2.05, 4.69) is 39.0 Å². The number of benzene rings is 1. The van der Waals surface area contributed by atoms with E-state index in [1.165, 1.54) is 26.3 Å². The summed E-state index contributed by atoms with van der Waals surface area (Å²) in [5.41, 5.74) is -3.06. The normalized spacial score (nSPS) is 16.1. The Morgan fingerprint density at radius 1 is 1.12 bits per heavy atom. The summed E-state index contributed by atoms with van der Waals surface area (Å²) in [6.07, 6.45) is 0. The molecule has 0 spiro atoms. The minimum atomic E-state index is -3.83. The van der Waals surface area contributed by atoms with Crippen molar-refractivity contribution in [2.75, 3.05) is 43.5 Å². The molecule has 1 fully saturated rings. The third-order valence-electron chi connectivity index (χ3n) is 7.50. The summed E-state index contributed by atoms with van der Waals surface area (Å²) < 4.78 is 51.9. The Hall–Kier alpha value is -3.38. The fraction of sp³-hybridized carbons (Fsp3) is 0.536. The van der Waals surface area contributed by atoms with Gasteiger partial charge in [0.05, 0.1) is 24.1 Å². The molecule has 3 heterocycles. The van der Waals surface area contributed by atoms with Crippen LogP contribution in [0.1, 0.15) is 51.8 Å². The van der Waals surface area contributed by atoms with Crippen LogP contribution in [0.3, 0.4) is 0 Å². The molecular weight excluding hydrogens is 525 g/mol. The van der Waals surface area contributed by atoms with E-state index in [1.807, 2.05) is 0 Å². The highest BCUT2D eigenvalue weighted by atomic mass is 19.3. The Morgan fingerprint density at radius 3 is 2.35 bits per heavy atom. The average molecular weight is 563 g/mol. The number of halogens is 3. The summed E-state index contributed by atoms with van der Waals surface area (Å²) in [6.45, 7) is 10.9. The molecule has 3 aromatic rings. The van der Waals surface area contributed by atoms with Gasteiger partial charge in [-0.15, -0.1) is 0 Å². The van der Waals surface area contributed by atoms with Crippen molar-refractivity contribution in [3.63, 3.8) is 0 Å². The molecule has 0 radical (unpaired) electrons. The van der Waals surface area contributed by atoms with E-state index in [9.17, 15) is 18.7 Å². The first kappa shape index (κ1) is 29.6. The van der Waals surface area contributed by atoms with Crippen LogP contribution < -0.4 is 20.5 Å². The van der Waals surface area contributed by atoms with Crippen molar-refractivity contribution in [3.8, 4) is 5.88 Å². The van der Waals surface area contributed by atoms with Crippen LogP contribution in [0.5, 0.6) is 5.88 Å². The van der Waals surface area contributed by atoms with Crippen molar-refractivity contribution < 1.29 is 23.0 Å². The highest BCUT2D eigenvalue weighted by molar-refractivity contribution is 5.92. The average Bonchev–Trinajstić information content (AvgIpc) is 2.90. The molecule has 4 rings (SSSR count). The maximum absolute atomic E-state index is 15.5. The molecule has 1 saturated heterocycles. The molecule has 218 valence electrons. The van der Waals surface area contributed by atoms with Crippen LogP contribution in [0.2, 0.25) is 0 Å². The first-order valence-corrected chi connectivity index (χ1v) is 13.3. The van der Waals surface area contributed by atoms with Gasteiger partial charge in [-0.05, 0) is 46.8 Å². The van der Waals surface area contributed by atoms with Crippen LogP contribution in [0.4, 0.5) is 24.7 Å². The predicted octanol–water partition coefficient (Wildman–Crippen LogP) is 4.04. The van der Waals surface area contributed by atoms with Gasteiger partial charge in [0.2, 0.25) is 5.88 Å². The zero-order chi connectivity index (χ0) is 29.6. The quantitative estimate of drug-likeness (QED) is 0.425. The smallest absolute Gasteiger partial charge is 0.303 e. The lowest BCUT2D eigenvalue weighted by Crippen LogP contribution is -2.49. The largest absolute Gasteiger partial charge is 0.480 e. The predicted molar refractivity (Wildman–Crippen MR) is 149 cm³/mol. The Kier molecular flexibility index (Phi) is 8.06. The lowest BCUT2D eigenvalue weighted by Gasteiger charge is -2.38. The van der Waals surface area contributed by atoms with E-state index in [0.717, 1.165) is 50.8 Å². The number of nitrogens with zero attached hydrogens (tertiary/aromatic N) is 5. The Balaban J connectivity index is 1.76. The van der Waals surface area contributed by atoms with Crippen LogP contribution in [-0.2, 0) is 13.0 Å². The van der Waals surface area contributed by atoms with Gasteiger partial charge in [0.25, 0.3) is 5.56 Å². The van der Waals surface area contributed by atoms with Gasteiger partial charge in [-0.1, -0.05) is 12.1 Å². The molecule has 1 aliphatic heterocycles. The van der Waals surface area contributed by atoms with E-state index < -0.39 is 34.5 Å². The molecular formula is C28H37F3N6O3. The van der Waals surface area contributed by atoms with E-state index >= 15 is 4.39 Å². The topological polar surface area (TPSA) is 95.7 Å². The number of pyridine rings is 1. The minimum Gasteiger partial charge on any atom is -0.480 e. The lowest BCUT2D eigenvalue weighted by molar-refractivity contribution is -0.170. The second kappa shape index (κ2) is 10.9. The fourth-order valence-corrected chi connectivity index (χ4v) is 4.93. The second-order valence-corrected chi connectivity index (χ2v) is 11.0. The third-order valence-corrected chi connectivity index (χ3v) is 7.50. The standard InChI is InChI=1S/C28H37F3N6O3/c1-16(2)36-11-13-37(14-12-36)21-15-19-23(33-25(21)40-7)26(38)35(6)34-24(19)32-17(3)18-9-8-10-20(22(18)29)28(30,31)27(4,5)39/h8-10,15-17,39H,11-14H2,1-7H3,(H,32,34)/t17-/m1/s1. The number of fused-ring (bicyclic) bond motifs is 1. The van der Waals surface area contributed by atoms with Crippen molar-refractivity contribution >= 4 is 22.4 Å². The molecule has 2 N–H and O–H groups in total. The minimum absolute atomic E-state index is 0.0447. The molecule has 40 heavy (non-hydrogen) atoms. The van der Waals surface area contributed by atoms with Crippen LogP contribution >= 0.6 is 0 Å². The molecule has 9 nitrogen and oxygen atoms in total. The van der Waals surface area contributed by atoms with Gasteiger partial charge in [-0.25, -0.2) is 14.1 Å². The first-order valence-electron chi connectivity index (χ1n) is 13.3. The highest BCUT2D eigenvalue weighted by Gasteiger charge is 2.49. The van der Waals surface area contributed by atoms with Gasteiger partial charge in [0, 0.05) is 44.8 Å². The number of alkyl halides is 2. The number of aryl methyl sites for hydroxylation is 1. The number of nitrogens with one attached hydrogen (secondary N) is 1. The summed E-state index contributed by atoms with van der Waals surface area (Å²) in [7, 11) is 2.96. The molecule has 0 unspecified atom stereocenters. The summed E-state index contributed by atoms with van der Waals surface area (Å²) >= 11 is 0. The molecule has 12 heteroatoms. The number of methoxy groups -OCH3 is 1. The summed E-state index contributed by atoms with van der Waals surface area (Å²) in [5.74, 6) is -4.42. The summed E-state index contributed by atoms with van der Waals surface area (Å²) in [6, 6.07) is 5.05. The third kappa shape index (κ3) is 5.34. The number of aliphatic hydroxyl groups is 1. The number of hydrogen-bond acceptors (Lipinski definition) is 8. The van der Waals surface area contributed by atoms with Gasteiger partial charge < -0.3 is 20.1 Å². The van der Waals surface area contributed by atoms with E-state index in [-0.39, 0.29) is 16.9 Å². The Labute approximate surface area is 231 Å². The van der Waals surface area contributed by atoms with Crippen LogP contribution in [0, 0.1) is 5.82 Å². The molecule has 2 aromatic heterocycles. The number of piperazine rings is 1. The molecule has 0 saturated carbocycles. The van der Waals surface area contributed by atoms with Crippen molar-refractivity contribution in [1.82, 2.24) is 19.7 Å². The second-order valence-electron chi connectivity index (χ2n) is 11.0. The fourth-order valence-electron chi connectivity index (χ4n) is 4.93. The highest BCUT2D eigenvalue weighted by Crippen LogP contribution is 2.41. The van der Waals surface area contributed by atoms with Gasteiger partial charge in [0.15, 0.2) is 5.82 Å². The maximum Gasteiger partial charge on any atom is 0.303 e. The van der Waals surface area contributed by atoms with Gasteiger partial charge >= 0.3 is 5.92 Å². The molecule has 0 bridgehead atoms. The monoisotopic (exact) mass is 562 g/mol. The van der Waals surface area contributed by atoms with Crippen LogP contribution in [-0.4, -0.2) is 69.7 Å². The van der Waals surface area contributed by atoms with E-state index in [0.29, 0.717) is 23.0 Å². The number of rotatable bonds is 8. The number of anilines is 2. The summed E-state index contributed by atoms with van der Waals surface area (Å²) in [4.78, 5) is 22.0. The van der Waals surface area contributed by atoms with Crippen molar-refractivity contribution in [2.45, 2.75) is 58.2 Å². The van der Waals surface area contributed by atoms with Crippen molar-refractivity contribution in [2.24, 2.45) is 7.05 Å². The number of ether oxygens (including phenoxy) is 1. The Bertz CT molecular complexity index is 1450. The molecule has 0 aliphatic carbocycles. The number of hydrogen-bond donors (Lipinski definition) is 2. The molecule has 1 aromatic carbocycles. The SMILES string of the molecule is COc1nc2c(=O)n(C)nc(N[C@H](C)c3cccc(C(F)(F)C(C)(C)O)c3F)c2cc1N1CCN(C(C)C)CC1. The van der Waals surface area contributed by atoms with E-state index in [4.69, 9.17) is 4.74 Å². The molecule has 1 atom stereocenters. The maximum atomic E-state index is 15.5. The van der Waals surface area contributed by atoms with Crippen molar-refractivity contribution in [3.05, 3.63) is 51.6 Å². The number of aromatic nitrogens is 3. The Morgan fingerprint density at radius 2 is 1.77 bits per heavy atom. The zero-order valence-corrected chi connectivity index (χ0v) is 23.9. The van der Waals surface area contributed by atoms with Gasteiger partial charge in [-0.2, -0.15) is 13.9 Å². The van der Waals surface area contributed by atoms with E-state index in [1.54, 1.807) is 13.0 Å². The summed E-state index contributed by atoms with van der Waals surface area (Å²) in [5, 5.41) is 17.8. The first-order chi connectivity index (χ1) is 18.7.